The maximum atomic E-state index is 14.1. The number of thiazole rings is 1. The van der Waals surface area contributed by atoms with Gasteiger partial charge in [-0.2, -0.15) is 0 Å². The van der Waals surface area contributed by atoms with Crippen molar-refractivity contribution < 1.29 is 27.6 Å². The van der Waals surface area contributed by atoms with E-state index in [0.717, 1.165) is 11.0 Å². The number of piperidine rings is 1. The highest BCUT2D eigenvalue weighted by Crippen LogP contribution is 2.37. The van der Waals surface area contributed by atoms with Crippen LogP contribution in [0.25, 0.3) is 10.2 Å². The van der Waals surface area contributed by atoms with Gasteiger partial charge in [-0.1, -0.05) is 46.8 Å². The number of ketones is 1. The van der Waals surface area contributed by atoms with Gasteiger partial charge in [0.1, 0.15) is 12.1 Å². The molecule has 2 aliphatic heterocycles. The summed E-state index contributed by atoms with van der Waals surface area (Å²) >= 11 is 1.23. The summed E-state index contributed by atoms with van der Waals surface area (Å²) in [7, 11) is -3.70. The fourth-order valence-corrected chi connectivity index (χ4v) is 7.72. The van der Waals surface area contributed by atoms with Crippen LogP contribution in [0.1, 0.15) is 70.1 Å². The third kappa shape index (κ3) is 7.98. The van der Waals surface area contributed by atoms with Crippen LogP contribution >= 0.6 is 11.3 Å². The topological polar surface area (TPSA) is 155 Å². The molecule has 0 aliphatic carbocycles. The zero-order chi connectivity index (χ0) is 31.7. The molecule has 11 nitrogen and oxygen atoms in total. The number of para-hydroxylation sites is 1. The molecule has 1 aromatic heterocycles. The molecule has 236 valence electrons. The summed E-state index contributed by atoms with van der Waals surface area (Å²) < 4.78 is 27.5. The Morgan fingerprint density at radius 3 is 2.44 bits per heavy atom. The van der Waals surface area contributed by atoms with Crippen molar-refractivity contribution in [2.75, 3.05) is 19.3 Å². The van der Waals surface area contributed by atoms with Crippen molar-refractivity contribution >= 4 is 55.1 Å². The summed E-state index contributed by atoms with van der Waals surface area (Å²) in [6.07, 6.45) is 2.67. The number of nitrogens with one attached hydrogen (secondary N) is 3. The molecule has 2 aliphatic rings. The van der Waals surface area contributed by atoms with Gasteiger partial charge in [-0.25, -0.2) is 18.1 Å². The summed E-state index contributed by atoms with van der Waals surface area (Å²) in [5.41, 5.74) is 0.531. The van der Waals surface area contributed by atoms with Gasteiger partial charge in [-0.15, -0.1) is 11.3 Å². The second kappa shape index (κ2) is 13.0. The lowest BCUT2D eigenvalue weighted by molar-refractivity contribution is -0.146. The lowest BCUT2D eigenvalue weighted by atomic mass is 9.73. The molecule has 0 unspecified atom stereocenters. The predicted octanol–water partition coefficient (Wildman–Crippen LogP) is 2.72. The van der Waals surface area contributed by atoms with E-state index in [1.54, 1.807) is 13.8 Å². The number of amides is 3. The predicted molar refractivity (Wildman–Crippen MR) is 166 cm³/mol. The van der Waals surface area contributed by atoms with Crippen LogP contribution in [0.5, 0.6) is 0 Å². The largest absolute Gasteiger partial charge is 0.356 e. The minimum Gasteiger partial charge on any atom is -0.356 e. The average Bonchev–Trinajstić information content (AvgIpc) is 3.54. The number of benzene rings is 1. The maximum Gasteiger partial charge on any atom is 0.243 e. The number of carbonyl (C=O) groups excluding carboxylic acids is 4. The van der Waals surface area contributed by atoms with Gasteiger partial charge in [0, 0.05) is 19.0 Å². The molecular weight excluding hydrogens is 590 g/mol. The van der Waals surface area contributed by atoms with Crippen LogP contribution in [0.3, 0.4) is 0 Å². The number of Topliss-reactive ketones (excluding diaryl/α,β-unsaturated/α-hetero) is 1. The number of hydrogen-bond donors (Lipinski definition) is 3. The van der Waals surface area contributed by atoms with Crippen LogP contribution in [0.15, 0.2) is 24.3 Å². The zero-order valence-electron chi connectivity index (χ0n) is 25.7. The number of likely N-dealkylation sites (tertiary alicyclic amines) is 1. The van der Waals surface area contributed by atoms with Gasteiger partial charge < -0.3 is 15.5 Å². The molecule has 2 fully saturated rings. The summed E-state index contributed by atoms with van der Waals surface area (Å²) in [5, 5.41) is 5.95. The molecule has 13 heteroatoms. The Hall–Kier alpha value is -2.90. The molecule has 1 aromatic carbocycles. The van der Waals surface area contributed by atoms with Gasteiger partial charge >= 0.3 is 0 Å². The highest BCUT2D eigenvalue weighted by atomic mass is 32.2. The van der Waals surface area contributed by atoms with Gasteiger partial charge in [0.25, 0.3) is 0 Å². The van der Waals surface area contributed by atoms with Crippen LogP contribution in [0.4, 0.5) is 0 Å². The first kappa shape index (κ1) is 33.0. The number of rotatable bonds is 10. The highest BCUT2D eigenvalue weighted by molar-refractivity contribution is 7.88. The van der Waals surface area contributed by atoms with Crippen LogP contribution in [0.2, 0.25) is 0 Å². The monoisotopic (exact) mass is 633 g/mol. The van der Waals surface area contributed by atoms with Crippen LogP contribution in [-0.4, -0.2) is 79.3 Å². The molecule has 5 atom stereocenters. The molecule has 3 amide bonds. The molecule has 3 heterocycles. The summed E-state index contributed by atoms with van der Waals surface area (Å²) in [6, 6.07) is 4.39. The number of hydrogen-bond acceptors (Lipinski definition) is 8. The molecule has 2 saturated heterocycles. The number of fused-ring (bicyclic) bond motifs is 1. The fraction of sp³-hybridized carbons (Fsp3) is 0.633. The van der Waals surface area contributed by atoms with Crippen molar-refractivity contribution in [1.29, 1.82) is 0 Å². The quantitative estimate of drug-likeness (QED) is 0.340. The Kier molecular flexibility index (Phi) is 9.97. The Morgan fingerprint density at radius 2 is 1.86 bits per heavy atom. The van der Waals surface area contributed by atoms with Crippen molar-refractivity contribution in [3.63, 3.8) is 0 Å². The number of sulfonamides is 1. The lowest BCUT2D eigenvalue weighted by Gasteiger charge is -2.44. The minimum absolute atomic E-state index is 0.103. The van der Waals surface area contributed by atoms with E-state index < -0.39 is 45.9 Å². The van der Waals surface area contributed by atoms with Gasteiger partial charge in [0.05, 0.1) is 22.5 Å². The van der Waals surface area contributed by atoms with Gasteiger partial charge in [-0.05, 0) is 55.1 Å². The average molecular weight is 634 g/mol. The first-order chi connectivity index (χ1) is 20.0. The molecule has 0 saturated carbocycles. The fourth-order valence-electron chi connectivity index (χ4n) is 5.93. The van der Waals surface area contributed by atoms with Gasteiger partial charge in [0.15, 0.2) is 5.01 Å². The Bertz CT molecular complexity index is 1450. The number of aromatic nitrogens is 1. The summed E-state index contributed by atoms with van der Waals surface area (Å²) in [6.45, 7) is 10.5. The number of nitrogens with zero attached hydrogens (tertiary/aromatic N) is 2. The molecule has 0 radical (unpaired) electrons. The lowest BCUT2D eigenvalue weighted by Crippen LogP contribution is -2.61. The molecule has 43 heavy (non-hydrogen) atoms. The molecule has 2 aromatic rings. The van der Waals surface area contributed by atoms with E-state index in [4.69, 9.17) is 0 Å². The molecule has 3 N–H and O–H groups in total. The van der Waals surface area contributed by atoms with Crippen molar-refractivity contribution in [2.45, 2.75) is 78.4 Å². The first-order valence-electron chi connectivity index (χ1n) is 14.8. The molecular formula is C30H43N5O6S2. The summed E-state index contributed by atoms with van der Waals surface area (Å²) in [5.74, 6) is -2.22. The second-order valence-corrected chi connectivity index (χ2v) is 16.0. The van der Waals surface area contributed by atoms with Gasteiger partial charge in [-0.3, -0.25) is 19.2 Å². The van der Waals surface area contributed by atoms with Crippen molar-refractivity contribution in [3.05, 3.63) is 29.3 Å². The van der Waals surface area contributed by atoms with E-state index in [9.17, 15) is 27.6 Å². The van der Waals surface area contributed by atoms with Crippen LogP contribution < -0.4 is 15.4 Å². The highest BCUT2D eigenvalue weighted by Gasteiger charge is 2.44. The van der Waals surface area contributed by atoms with Gasteiger partial charge in [0.2, 0.25) is 33.5 Å². The van der Waals surface area contributed by atoms with E-state index >= 15 is 0 Å². The SMILES string of the molecule is CC(C)[C@H](NS(C)(=O)=O)C(=O)N1CC[C@H](C(C)(C)C)C[C@H]1C(=O)N[C@@H](C[C@@H]1CCNC1=O)C(=O)c1nc2ccccc2s1. The van der Waals surface area contributed by atoms with E-state index in [-0.39, 0.29) is 46.9 Å². The zero-order valence-corrected chi connectivity index (χ0v) is 27.3. The van der Waals surface area contributed by atoms with E-state index in [0.29, 0.717) is 31.3 Å². The Morgan fingerprint density at radius 1 is 1.16 bits per heavy atom. The summed E-state index contributed by atoms with van der Waals surface area (Å²) in [4.78, 5) is 60.3. The van der Waals surface area contributed by atoms with E-state index in [1.807, 2.05) is 24.3 Å². The molecule has 4 rings (SSSR count). The van der Waals surface area contributed by atoms with E-state index in [2.05, 4.69) is 41.1 Å². The van der Waals surface area contributed by atoms with Crippen molar-refractivity contribution in [2.24, 2.45) is 23.2 Å². The Balaban J connectivity index is 1.65. The minimum atomic E-state index is -3.70. The number of carbonyl (C=O) groups is 4. The van der Waals surface area contributed by atoms with Crippen LogP contribution in [0, 0.1) is 23.2 Å². The van der Waals surface area contributed by atoms with Crippen molar-refractivity contribution in [1.82, 2.24) is 25.2 Å². The molecule has 0 spiro atoms. The maximum absolute atomic E-state index is 14.1. The Labute approximate surface area is 257 Å². The van der Waals surface area contributed by atoms with Crippen molar-refractivity contribution in [3.8, 4) is 0 Å². The van der Waals surface area contributed by atoms with E-state index in [1.165, 1.54) is 16.2 Å². The molecule has 0 bridgehead atoms. The first-order valence-corrected chi connectivity index (χ1v) is 17.5. The standard InChI is InChI=1S/C30H43N5O6S2/c1-17(2)24(34-43(6,40)41)29(39)35-14-12-19(30(3,4)5)16-22(35)27(38)32-21(15-18-11-13-31-26(18)37)25(36)28-33-20-9-7-8-10-23(20)42-28/h7-10,17-19,21-22,24,34H,11-16H2,1-6H3,(H,31,37)(H,32,38)/t18-,19-,21-,22-,24-/m0/s1. The van der Waals surface area contributed by atoms with Crippen LogP contribution in [-0.2, 0) is 24.4 Å². The normalized spacial score (nSPS) is 22.8. The third-order valence-electron chi connectivity index (χ3n) is 8.51. The smallest absolute Gasteiger partial charge is 0.243 e. The third-order valence-corrected chi connectivity index (χ3v) is 10.2. The second-order valence-electron chi connectivity index (χ2n) is 13.2.